The molecule has 2 aliphatic rings. The van der Waals surface area contributed by atoms with E-state index in [9.17, 15) is 9.59 Å². The quantitative estimate of drug-likeness (QED) is 0.770. The molecule has 6 nitrogen and oxygen atoms in total. The number of imide groups is 1. The number of aromatic nitrogens is 2. The summed E-state index contributed by atoms with van der Waals surface area (Å²) < 4.78 is 3.70. The van der Waals surface area contributed by atoms with E-state index in [1.165, 1.54) is 4.90 Å². The summed E-state index contributed by atoms with van der Waals surface area (Å²) in [4.78, 5) is 25.4. The number of carbonyl (C=O) groups excluding carboxylic acids is 2. The number of likely N-dealkylation sites (tertiary alicyclic amines) is 1. The molecular weight excluding hydrogens is 240 g/mol. The number of hydrogen-bond donors (Lipinski definition) is 1. The van der Waals surface area contributed by atoms with Crippen LogP contribution in [0.15, 0.2) is 0 Å². The van der Waals surface area contributed by atoms with E-state index in [2.05, 4.69) is 9.59 Å². The third-order valence-electron chi connectivity index (χ3n) is 3.58. The zero-order valence-corrected chi connectivity index (χ0v) is 9.94. The standard InChI is InChI=1S/C10H12N4O2S/c11-8-7(12-13-17-8)4-14-9(15)5-2-1-3-6(5)10(14)16/h5-6H,1-4,11H2. The number of carbonyl (C=O) groups is 2. The van der Waals surface area contributed by atoms with E-state index in [-0.39, 0.29) is 30.2 Å². The van der Waals surface area contributed by atoms with Crippen molar-refractivity contribution in [3.05, 3.63) is 5.69 Å². The fourth-order valence-electron chi connectivity index (χ4n) is 2.69. The maximum Gasteiger partial charge on any atom is 0.233 e. The fraction of sp³-hybridized carbons (Fsp3) is 0.600. The highest BCUT2D eigenvalue weighted by Gasteiger charge is 2.49. The van der Waals surface area contributed by atoms with Crippen LogP contribution in [0.5, 0.6) is 0 Å². The summed E-state index contributed by atoms with van der Waals surface area (Å²) in [5.74, 6) is -0.333. The van der Waals surface area contributed by atoms with Crippen molar-refractivity contribution in [3.8, 4) is 0 Å². The highest BCUT2D eigenvalue weighted by Crippen LogP contribution is 2.40. The molecule has 1 aromatic rings. The number of amides is 2. The third-order valence-corrected chi connectivity index (χ3v) is 4.17. The number of nitrogens with zero attached hydrogens (tertiary/aromatic N) is 3. The van der Waals surface area contributed by atoms with Gasteiger partial charge in [0.15, 0.2) is 0 Å². The van der Waals surface area contributed by atoms with Gasteiger partial charge in [-0.05, 0) is 12.8 Å². The number of nitrogens with two attached hydrogens (primary N) is 1. The summed E-state index contributed by atoms with van der Waals surface area (Å²) in [5, 5.41) is 4.31. The number of hydrogen-bond acceptors (Lipinski definition) is 6. The maximum absolute atomic E-state index is 12.1. The number of rotatable bonds is 2. The Hall–Kier alpha value is -1.50. The van der Waals surface area contributed by atoms with Gasteiger partial charge in [0, 0.05) is 11.5 Å². The van der Waals surface area contributed by atoms with E-state index >= 15 is 0 Å². The maximum atomic E-state index is 12.1. The minimum absolute atomic E-state index is 0.0649. The summed E-state index contributed by atoms with van der Waals surface area (Å²) in [5.41, 5.74) is 6.19. The zero-order chi connectivity index (χ0) is 12.0. The summed E-state index contributed by atoms with van der Waals surface area (Å²) in [6.45, 7) is 0.174. The van der Waals surface area contributed by atoms with Crippen molar-refractivity contribution in [2.75, 3.05) is 5.73 Å². The van der Waals surface area contributed by atoms with Gasteiger partial charge >= 0.3 is 0 Å². The van der Waals surface area contributed by atoms with Crippen molar-refractivity contribution >= 4 is 28.3 Å². The SMILES string of the molecule is Nc1snnc1CN1C(=O)C2CCCC2C1=O. The topological polar surface area (TPSA) is 89.2 Å². The molecule has 1 aliphatic carbocycles. The van der Waals surface area contributed by atoms with Crippen LogP contribution in [0.3, 0.4) is 0 Å². The first-order valence-electron chi connectivity index (χ1n) is 5.60. The lowest BCUT2D eigenvalue weighted by Crippen LogP contribution is -2.31. The first-order valence-corrected chi connectivity index (χ1v) is 6.37. The largest absolute Gasteiger partial charge is 0.388 e. The van der Waals surface area contributed by atoms with Gasteiger partial charge in [0.1, 0.15) is 10.7 Å². The predicted molar refractivity (Wildman–Crippen MR) is 60.7 cm³/mol. The summed E-state index contributed by atoms with van der Waals surface area (Å²) in [6, 6.07) is 0. The van der Waals surface area contributed by atoms with Crippen LogP contribution >= 0.6 is 11.5 Å². The van der Waals surface area contributed by atoms with Gasteiger partial charge in [-0.1, -0.05) is 10.9 Å². The molecule has 1 saturated heterocycles. The van der Waals surface area contributed by atoms with E-state index < -0.39 is 0 Å². The van der Waals surface area contributed by atoms with E-state index in [0.29, 0.717) is 10.7 Å². The number of fused-ring (bicyclic) bond motifs is 1. The van der Waals surface area contributed by atoms with Crippen molar-refractivity contribution < 1.29 is 9.59 Å². The first-order chi connectivity index (χ1) is 8.18. The number of anilines is 1. The van der Waals surface area contributed by atoms with Crippen molar-refractivity contribution in [1.29, 1.82) is 0 Å². The summed E-state index contributed by atoms with van der Waals surface area (Å²) in [6.07, 6.45) is 2.63. The molecule has 1 aliphatic heterocycles. The average Bonchev–Trinajstić information content (AvgIpc) is 2.97. The molecule has 2 unspecified atom stereocenters. The molecule has 0 aromatic carbocycles. The smallest absolute Gasteiger partial charge is 0.233 e. The van der Waals surface area contributed by atoms with Gasteiger partial charge in [-0.2, -0.15) is 0 Å². The van der Waals surface area contributed by atoms with Crippen LogP contribution in [-0.2, 0) is 16.1 Å². The lowest BCUT2D eigenvalue weighted by atomic mass is 10.00. The number of nitrogen functional groups attached to an aromatic ring is 1. The average molecular weight is 252 g/mol. The van der Waals surface area contributed by atoms with Gasteiger partial charge in [-0.3, -0.25) is 14.5 Å². The van der Waals surface area contributed by atoms with Crippen LogP contribution in [0.1, 0.15) is 25.0 Å². The predicted octanol–water partition coefficient (Wildman–Crippen LogP) is 0.405. The molecule has 2 amide bonds. The van der Waals surface area contributed by atoms with Gasteiger partial charge in [-0.25, -0.2) is 0 Å². The van der Waals surface area contributed by atoms with Crippen LogP contribution in [0.25, 0.3) is 0 Å². The highest BCUT2D eigenvalue weighted by molar-refractivity contribution is 7.09. The molecule has 2 N–H and O–H groups in total. The normalized spacial score (nSPS) is 27.9. The van der Waals surface area contributed by atoms with E-state index in [1.807, 2.05) is 0 Å². The molecular formula is C10H12N4O2S. The molecule has 2 heterocycles. The van der Waals surface area contributed by atoms with E-state index in [0.717, 1.165) is 30.8 Å². The molecule has 7 heteroatoms. The van der Waals surface area contributed by atoms with Crippen LogP contribution in [-0.4, -0.2) is 26.3 Å². The van der Waals surface area contributed by atoms with Crippen molar-refractivity contribution in [2.24, 2.45) is 11.8 Å². The second-order valence-corrected chi connectivity index (χ2v) is 5.28. The highest BCUT2D eigenvalue weighted by atomic mass is 32.1. The lowest BCUT2D eigenvalue weighted by Gasteiger charge is -2.14. The minimum Gasteiger partial charge on any atom is -0.388 e. The second kappa shape index (κ2) is 3.76. The molecule has 0 bridgehead atoms. The van der Waals surface area contributed by atoms with Gasteiger partial charge in [-0.15, -0.1) is 5.10 Å². The first kappa shape index (κ1) is 10.6. The van der Waals surface area contributed by atoms with Gasteiger partial charge < -0.3 is 5.73 Å². The summed E-state index contributed by atoms with van der Waals surface area (Å²) in [7, 11) is 0. The zero-order valence-electron chi connectivity index (χ0n) is 9.13. The van der Waals surface area contributed by atoms with Gasteiger partial charge in [0.25, 0.3) is 0 Å². The molecule has 90 valence electrons. The molecule has 1 aromatic heterocycles. The third kappa shape index (κ3) is 1.53. The monoisotopic (exact) mass is 252 g/mol. The Morgan fingerprint density at radius 3 is 2.47 bits per heavy atom. The van der Waals surface area contributed by atoms with Crippen LogP contribution < -0.4 is 5.73 Å². The minimum atomic E-state index is -0.102. The Kier molecular flexibility index (Phi) is 2.36. The van der Waals surface area contributed by atoms with Crippen LogP contribution in [0.4, 0.5) is 5.00 Å². The molecule has 2 fully saturated rings. The molecule has 2 atom stereocenters. The molecule has 1 saturated carbocycles. The Labute approximate surface area is 102 Å². The van der Waals surface area contributed by atoms with E-state index in [1.54, 1.807) is 0 Å². The van der Waals surface area contributed by atoms with Crippen LogP contribution in [0.2, 0.25) is 0 Å². The van der Waals surface area contributed by atoms with Gasteiger partial charge in [0.05, 0.1) is 18.4 Å². The van der Waals surface area contributed by atoms with Crippen molar-refractivity contribution in [2.45, 2.75) is 25.8 Å². The Morgan fingerprint density at radius 1 is 1.29 bits per heavy atom. The molecule has 3 rings (SSSR count). The Balaban J connectivity index is 1.83. The van der Waals surface area contributed by atoms with Crippen molar-refractivity contribution in [3.63, 3.8) is 0 Å². The van der Waals surface area contributed by atoms with E-state index in [4.69, 9.17) is 5.73 Å². The molecule has 0 spiro atoms. The molecule has 0 radical (unpaired) electrons. The summed E-state index contributed by atoms with van der Waals surface area (Å²) >= 11 is 1.08. The lowest BCUT2D eigenvalue weighted by molar-refractivity contribution is -0.141. The fourth-order valence-corrected chi connectivity index (χ4v) is 3.13. The van der Waals surface area contributed by atoms with Crippen molar-refractivity contribution in [1.82, 2.24) is 14.5 Å². The Morgan fingerprint density at radius 2 is 1.94 bits per heavy atom. The second-order valence-electron chi connectivity index (χ2n) is 4.49. The Bertz CT molecular complexity index is 464. The van der Waals surface area contributed by atoms with Gasteiger partial charge in [0.2, 0.25) is 11.8 Å². The molecule has 17 heavy (non-hydrogen) atoms. The van der Waals surface area contributed by atoms with Crippen LogP contribution in [0, 0.1) is 11.8 Å².